The molecule has 2 fully saturated rings. The highest BCUT2D eigenvalue weighted by atomic mass is 16.5. The van der Waals surface area contributed by atoms with Crippen molar-refractivity contribution in [2.45, 2.75) is 37.3 Å². The molecule has 4 rings (SSSR count). The molecule has 0 amide bonds. The van der Waals surface area contributed by atoms with E-state index < -0.39 is 0 Å². The van der Waals surface area contributed by atoms with Gasteiger partial charge in [0, 0.05) is 30.1 Å². The first-order chi connectivity index (χ1) is 9.78. The van der Waals surface area contributed by atoms with E-state index in [9.17, 15) is 0 Å². The van der Waals surface area contributed by atoms with E-state index in [-0.39, 0.29) is 0 Å². The Balaban J connectivity index is 1.75. The van der Waals surface area contributed by atoms with Crippen molar-refractivity contribution in [3.8, 4) is 11.5 Å². The van der Waals surface area contributed by atoms with Crippen LogP contribution >= 0.6 is 0 Å². The lowest BCUT2D eigenvalue weighted by Crippen LogP contribution is -2.22. The van der Waals surface area contributed by atoms with Crippen molar-refractivity contribution in [1.29, 1.82) is 0 Å². The number of aromatic amines is 1. The number of rotatable bonds is 3. The first-order valence-corrected chi connectivity index (χ1v) is 7.16. The minimum atomic E-state index is 0.512. The Kier molecular flexibility index (Phi) is 2.63. The molecular formula is C15H19N3O2. The summed E-state index contributed by atoms with van der Waals surface area (Å²) in [5, 5.41) is 3.66. The molecule has 3 unspecified atom stereocenters. The molecular weight excluding hydrogens is 254 g/mol. The third-order valence-corrected chi connectivity index (χ3v) is 4.66. The molecule has 106 valence electrons. The molecule has 0 saturated carbocycles. The van der Waals surface area contributed by atoms with Gasteiger partial charge in [-0.25, -0.2) is 4.98 Å². The van der Waals surface area contributed by atoms with Crippen molar-refractivity contribution in [1.82, 2.24) is 15.3 Å². The fourth-order valence-corrected chi connectivity index (χ4v) is 3.66. The molecule has 2 saturated heterocycles. The summed E-state index contributed by atoms with van der Waals surface area (Å²) in [5.41, 5.74) is 1.96. The maximum absolute atomic E-state index is 5.34. The number of benzene rings is 1. The minimum Gasteiger partial charge on any atom is -0.493 e. The molecule has 5 nitrogen and oxygen atoms in total. The molecule has 3 atom stereocenters. The zero-order valence-corrected chi connectivity index (χ0v) is 11.8. The number of nitrogens with zero attached hydrogens (tertiary/aromatic N) is 1. The Morgan fingerprint density at radius 2 is 1.95 bits per heavy atom. The van der Waals surface area contributed by atoms with Crippen LogP contribution in [-0.4, -0.2) is 36.3 Å². The van der Waals surface area contributed by atoms with Crippen molar-refractivity contribution in [2.75, 3.05) is 14.2 Å². The summed E-state index contributed by atoms with van der Waals surface area (Å²) >= 11 is 0. The Morgan fingerprint density at radius 1 is 1.15 bits per heavy atom. The number of hydrogen-bond donors (Lipinski definition) is 2. The van der Waals surface area contributed by atoms with Gasteiger partial charge in [0.1, 0.15) is 5.82 Å². The summed E-state index contributed by atoms with van der Waals surface area (Å²) in [5.74, 6) is 3.07. The van der Waals surface area contributed by atoms with E-state index in [1.54, 1.807) is 14.2 Å². The van der Waals surface area contributed by atoms with Crippen molar-refractivity contribution in [3.63, 3.8) is 0 Å². The van der Waals surface area contributed by atoms with E-state index in [2.05, 4.69) is 10.3 Å². The van der Waals surface area contributed by atoms with Crippen LogP contribution in [0.3, 0.4) is 0 Å². The Bertz CT molecular complexity index is 611. The van der Waals surface area contributed by atoms with Crippen LogP contribution < -0.4 is 14.8 Å². The van der Waals surface area contributed by atoms with Gasteiger partial charge in [0.2, 0.25) is 0 Å². The predicted molar refractivity (Wildman–Crippen MR) is 76.5 cm³/mol. The molecule has 20 heavy (non-hydrogen) atoms. The van der Waals surface area contributed by atoms with Gasteiger partial charge in [-0.2, -0.15) is 0 Å². The van der Waals surface area contributed by atoms with Crippen molar-refractivity contribution in [3.05, 3.63) is 18.0 Å². The molecule has 0 aliphatic carbocycles. The number of ether oxygens (including phenoxy) is 2. The van der Waals surface area contributed by atoms with Crippen LogP contribution in [0.5, 0.6) is 11.5 Å². The van der Waals surface area contributed by atoms with Gasteiger partial charge in [-0.15, -0.1) is 0 Å². The summed E-state index contributed by atoms with van der Waals surface area (Å²) in [6.07, 6.45) is 3.76. The standard InChI is InChI=1S/C15H19N3O2/c1-19-13-6-11-12(7-14(13)20-2)18-15(17-11)9-5-8-3-4-10(9)16-8/h6-10,16H,3-5H2,1-2H3,(H,17,18). The minimum absolute atomic E-state index is 0.512. The van der Waals surface area contributed by atoms with Crippen LogP contribution in [-0.2, 0) is 0 Å². The van der Waals surface area contributed by atoms with Gasteiger partial charge in [-0.05, 0) is 19.3 Å². The third kappa shape index (κ3) is 1.69. The van der Waals surface area contributed by atoms with E-state index in [1.165, 1.54) is 19.3 Å². The number of methoxy groups -OCH3 is 2. The SMILES string of the molecule is COc1cc2nc(C3CC4CCC3N4)[nH]c2cc1OC. The summed E-state index contributed by atoms with van der Waals surface area (Å²) in [6.45, 7) is 0. The molecule has 1 aromatic carbocycles. The van der Waals surface area contributed by atoms with Crippen LogP contribution in [0.15, 0.2) is 12.1 Å². The predicted octanol–water partition coefficient (Wildman–Crippen LogP) is 2.19. The van der Waals surface area contributed by atoms with Gasteiger partial charge in [0.15, 0.2) is 11.5 Å². The Hall–Kier alpha value is -1.75. The lowest BCUT2D eigenvalue weighted by atomic mass is 9.89. The molecule has 2 bridgehead atoms. The number of nitrogens with one attached hydrogen (secondary N) is 2. The molecule has 3 heterocycles. The third-order valence-electron chi connectivity index (χ3n) is 4.66. The Labute approximate surface area is 117 Å². The maximum Gasteiger partial charge on any atom is 0.163 e. The fourth-order valence-electron chi connectivity index (χ4n) is 3.66. The second kappa shape index (κ2) is 4.38. The lowest BCUT2D eigenvalue weighted by molar-refractivity contribution is 0.356. The number of imidazole rings is 1. The molecule has 5 heteroatoms. The van der Waals surface area contributed by atoms with Crippen LogP contribution in [0, 0.1) is 0 Å². The van der Waals surface area contributed by atoms with Gasteiger partial charge in [-0.3, -0.25) is 0 Å². The van der Waals surface area contributed by atoms with Gasteiger partial charge >= 0.3 is 0 Å². The highest BCUT2D eigenvalue weighted by molar-refractivity contribution is 5.80. The second-order valence-electron chi connectivity index (χ2n) is 5.74. The largest absolute Gasteiger partial charge is 0.493 e. The molecule has 2 aromatic rings. The van der Waals surface area contributed by atoms with Gasteiger partial charge in [-0.1, -0.05) is 0 Å². The lowest BCUT2D eigenvalue weighted by Gasteiger charge is -2.17. The fraction of sp³-hybridized carbons (Fsp3) is 0.533. The first kappa shape index (κ1) is 12.0. The van der Waals surface area contributed by atoms with E-state index >= 15 is 0 Å². The highest BCUT2D eigenvalue weighted by Gasteiger charge is 2.41. The number of H-pyrrole nitrogens is 1. The molecule has 2 N–H and O–H groups in total. The van der Waals surface area contributed by atoms with Crippen LogP contribution in [0.25, 0.3) is 11.0 Å². The smallest absolute Gasteiger partial charge is 0.163 e. The summed E-state index contributed by atoms with van der Waals surface area (Å²) in [7, 11) is 3.30. The van der Waals surface area contributed by atoms with Gasteiger partial charge in [0.25, 0.3) is 0 Å². The van der Waals surface area contributed by atoms with E-state index in [0.717, 1.165) is 28.4 Å². The Morgan fingerprint density at radius 3 is 2.60 bits per heavy atom. The van der Waals surface area contributed by atoms with Crippen LogP contribution in [0.4, 0.5) is 0 Å². The summed E-state index contributed by atoms with van der Waals surface area (Å²) in [4.78, 5) is 8.23. The average molecular weight is 273 g/mol. The molecule has 2 aliphatic rings. The van der Waals surface area contributed by atoms with Crippen molar-refractivity contribution in [2.24, 2.45) is 0 Å². The van der Waals surface area contributed by atoms with Crippen LogP contribution in [0.2, 0.25) is 0 Å². The molecule has 2 aliphatic heterocycles. The van der Waals surface area contributed by atoms with Crippen molar-refractivity contribution < 1.29 is 9.47 Å². The zero-order chi connectivity index (χ0) is 13.7. The van der Waals surface area contributed by atoms with Crippen molar-refractivity contribution >= 4 is 11.0 Å². The molecule has 0 radical (unpaired) electrons. The van der Waals surface area contributed by atoms with E-state index in [4.69, 9.17) is 14.5 Å². The topological polar surface area (TPSA) is 59.2 Å². The van der Waals surface area contributed by atoms with E-state index in [0.29, 0.717) is 18.0 Å². The maximum atomic E-state index is 5.34. The number of hydrogen-bond acceptors (Lipinski definition) is 4. The first-order valence-electron chi connectivity index (χ1n) is 7.16. The highest BCUT2D eigenvalue weighted by Crippen LogP contribution is 2.40. The van der Waals surface area contributed by atoms with Gasteiger partial charge in [0.05, 0.1) is 25.3 Å². The number of aromatic nitrogens is 2. The average Bonchev–Trinajstić information content (AvgIpc) is 3.19. The second-order valence-corrected chi connectivity index (χ2v) is 5.74. The van der Waals surface area contributed by atoms with E-state index in [1.807, 2.05) is 12.1 Å². The quantitative estimate of drug-likeness (QED) is 0.900. The summed E-state index contributed by atoms with van der Waals surface area (Å²) < 4.78 is 10.7. The van der Waals surface area contributed by atoms with Gasteiger partial charge < -0.3 is 19.8 Å². The normalized spacial score (nSPS) is 28.2. The molecule has 1 aromatic heterocycles. The zero-order valence-electron chi connectivity index (χ0n) is 11.8. The number of fused-ring (bicyclic) bond motifs is 3. The molecule has 0 spiro atoms. The van der Waals surface area contributed by atoms with Crippen LogP contribution in [0.1, 0.15) is 31.0 Å². The monoisotopic (exact) mass is 273 g/mol. The summed E-state index contributed by atoms with van der Waals surface area (Å²) in [6, 6.07) is 5.17.